The smallest absolute Gasteiger partial charge is 0.280 e. The Morgan fingerprint density at radius 2 is 2.11 bits per heavy atom. The molecule has 0 saturated heterocycles. The van der Waals surface area contributed by atoms with Crippen molar-refractivity contribution in [1.82, 2.24) is 9.78 Å². The van der Waals surface area contributed by atoms with Crippen LogP contribution in [0.5, 0.6) is 0 Å². The summed E-state index contributed by atoms with van der Waals surface area (Å²) in [5.74, 6) is -0.171. The number of nitrogens with two attached hydrogens (primary N) is 1. The molecule has 0 fully saturated rings. The quantitative estimate of drug-likeness (QED) is 0.915. The van der Waals surface area contributed by atoms with E-state index in [4.69, 9.17) is 5.73 Å². The van der Waals surface area contributed by atoms with Gasteiger partial charge in [-0.3, -0.25) is 9.48 Å². The van der Waals surface area contributed by atoms with Gasteiger partial charge in [-0.1, -0.05) is 18.2 Å². The average Bonchev–Trinajstić information content (AvgIpc) is 2.71. The molecule has 0 radical (unpaired) electrons. The van der Waals surface area contributed by atoms with Crippen LogP contribution in [0.1, 0.15) is 23.0 Å². The lowest BCUT2D eigenvalue weighted by molar-refractivity contribution is 0.0983. The van der Waals surface area contributed by atoms with Crippen molar-refractivity contribution in [3.63, 3.8) is 0 Å². The lowest BCUT2D eigenvalue weighted by Crippen LogP contribution is -2.32. The molecule has 0 aliphatic rings. The molecule has 2 N–H and O–H groups in total. The monoisotopic (exact) mass is 258 g/mol. The Morgan fingerprint density at radius 3 is 2.63 bits per heavy atom. The number of carbonyl (C=O) groups excluding carboxylic acids is 1. The first-order chi connectivity index (χ1) is 9.04. The van der Waals surface area contributed by atoms with E-state index >= 15 is 0 Å². The van der Waals surface area contributed by atoms with E-state index in [9.17, 15) is 4.79 Å². The van der Waals surface area contributed by atoms with Gasteiger partial charge in [0.25, 0.3) is 5.91 Å². The highest BCUT2D eigenvalue weighted by molar-refractivity contribution is 6.08. The summed E-state index contributed by atoms with van der Waals surface area (Å²) in [7, 11) is 1.75. The standard InChI is InChI=1S/C14H18N4O/c1-4-18(12-8-6-5-7-10(12)2)14(19)13-11(15)9-17(3)16-13/h5-9H,4,15H2,1-3H3. The van der Waals surface area contributed by atoms with E-state index in [1.165, 1.54) is 0 Å². The van der Waals surface area contributed by atoms with Gasteiger partial charge in [0.05, 0.1) is 5.69 Å². The van der Waals surface area contributed by atoms with E-state index in [0.29, 0.717) is 17.9 Å². The number of nitrogens with zero attached hydrogens (tertiary/aromatic N) is 3. The maximum Gasteiger partial charge on any atom is 0.280 e. The molecule has 1 aromatic heterocycles. The van der Waals surface area contributed by atoms with Crippen LogP contribution in [0.3, 0.4) is 0 Å². The Kier molecular flexibility index (Phi) is 3.55. The molecular formula is C14H18N4O. The van der Waals surface area contributed by atoms with Crippen LogP contribution >= 0.6 is 0 Å². The third-order valence-corrected chi connectivity index (χ3v) is 3.03. The fourth-order valence-electron chi connectivity index (χ4n) is 2.09. The van der Waals surface area contributed by atoms with Crippen molar-refractivity contribution in [3.8, 4) is 0 Å². The van der Waals surface area contributed by atoms with Crippen molar-refractivity contribution < 1.29 is 4.79 Å². The predicted octanol–water partition coefficient (Wildman–Crippen LogP) is 1.98. The third kappa shape index (κ3) is 2.45. The lowest BCUT2D eigenvalue weighted by Gasteiger charge is -2.22. The average molecular weight is 258 g/mol. The van der Waals surface area contributed by atoms with E-state index in [2.05, 4.69) is 5.10 Å². The van der Waals surface area contributed by atoms with E-state index < -0.39 is 0 Å². The predicted molar refractivity (Wildman–Crippen MR) is 76.1 cm³/mol. The lowest BCUT2D eigenvalue weighted by atomic mass is 10.1. The normalized spacial score (nSPS) is 10.5. The minimum atomic E-state index is -0.171. The van der Waals surface area contributed by atoms with Gasteiger partial charge in [-0.25, -0.2) is 0 Å². The number of hydrogen-bond donors (Lipinski definition) is 1. The van der Waals surface area contributed by atoms with Crippen LogP contribution in [0.15, 0.2) is 30.5 Å². The second-order valence-corrected chi connectivity index (χ2v) is 4.44. The molecule has 1 amide bonds. The van der Waals surface area contributed by atoms with Crippen molar-refractivity contribution in [2.45, 2.75) is 13.8 Å². The highest BCUT2D eigenvalue weighted by Gasteiger charge is 2.22. The Morgan fingerprint density at radius 1 is 1.42 bits per heavy atom. The molecule has 1 heterocycles. The molecule has 0 atom stereocenters. The Balaban J connectivity index is 2.41. The first-order valence-electron chi connectivity index (χ1n) is 6.21. The molecule has 0 aliphatic carbocycles. The zero-order chi connectivity index (χ0) is 14.0. The number of anilines is 2. The number of nitrogen functional groups attached to an aromatic ring is 1. The number of carbonyl (C=O) groups is 1. The molecular weight excluding hydrogens is 240 g/mol. The van der Waals surface area contributed by atoms with Crippen molar-refractivity contribution in [2.75, 3.05) is 17.2 Å². The molecule has 0 bridgehead atoms. The molecule has 1 aromatic carbocycles. The third-order valence-electron chi connectivity index (χ3n) is 3.03. The van der Waals surface area contributed by atoms with Crippen molar-refractivity contribution in [2.24, 2.45) is 7.05 Å². The molecule has 100 valence electrons. The molecule has 19 heavy (non-hydrogen) atoms. The number of rotatable bonds is 3. The van der Waals surface area contributed by atoms with Crippen LogP contribution in [0, 0.1) is 6.92 Å². The molecule has 5 nitrogen and oxygen atoms in total. The Labute approximate surface area is 112 Å². The largest absolute Gasteiger partial charge is 0.396 e. The van der Waals surface area contributed by atoms with Crippen LogP contribution in [-0.2, 0) is 7.05 Å². The number of hydrogen-bond acceptors (Lipinski definition) is 3. The molecule has 2 aromatic rings. The maximum atomic E-state index is 12.5. The van der Waals surface area contributed by atoms with E-state index in [1.807, 2.05) is 38.1 Å². The van der Waals surface area contributed by atoms with Gasteiger partial charge >= 0.3 is 0 Å². The summed E-state index contributed by atoms with van der Waals surface area (Å²) in [6.07, 6.45) is 1.64. The highest BCUT2D eigenvalue weighted by Crippen LogP contribution is 2.22. The van der Waals surface area contributed by atoms with Gasteiger partial charge < -0.3 is 10.6 Å². The highest BCUT2D eigenvalue weighted by atomic mass is 16.2. The van der Waals surface area contributed by atoms with Gasteiger partial charge in [-0.2, -0.15) is 5.10 Å². The van der Waals surface area contributed by atoms with Crippen molar-refractivity contribution in [3.05, 3.63) is 41.7 Å². The zero-order valence-corrected chi connectivity index (χ0v) is 11.4. The van der Waals surface area contributed by atoms with E-state index in [1.54, 1.807) is 22.8 Å². The van der Waals surface area contributed by atoms with Gasteiger partial charge in [-0.15, -0.1) is 0 Å². The number of amides is 1. The first-order valence-corrected chi connectivity index (χ1v) is 6.21. The van der Waals surface area contributed by atoms with Gasteiger partial charge in [0.1, 0.15) is 0 Å². The molecule has 5 heteroatoms. The van der Waals surface area contributed by atoms with Crippen LogP contribution < -0.4 is 10.6 Å². The fourth-order valence-corrected chi connectivity index (χ4v) is 2.09. The summed E-state index contributed by atoms with van der Waals surface area (Å²) in [4.78, 5) is 14.2. The zero-order valence-electron chi connectivity index (χ0n) is 11.4. The molecule has 0 saturated carbocycles. The molecule has 0 spiro atoms. The number of aryl methyl sites for hydroxylation is 2. The van der Waals surface area contributed by atoms with Crippen LogP contribution in [0.25, 0.3) is 0 Å². The minimum Gasteiger partial charge on any atom is -0.396 e. The maximum absolute atomic E-state index is 12.5. The van der Waals surface area contributed by atoms with Crippen molar-refractivity contribution >= 4 is 17.3 Å². The van der Waals surface area contributed by atoms with Gasteiger partial charge in [-0.05, 0) is 25.5 Å². The summed E-state index contributed by atoms with van der Waals surface area (Å²) < 4.78 is 1.55. The molecule has 2 rings (SSSR count). The van der Waals surface area contributed by atoms with Gasteiger partial charge in [0.2, 0.25) is 0 Å². The Hall–Kier alpha value is -2.30. The Bertz CT molecular complexity index is 603. The summed E-state index contributed by atoms with van der Waals surface area (Å²) in [6, 6.07) is 7.77. The summed E-state index contributed by atoms with van der Waals surface area (Å²) in [5.41, 5.74) is 8.46. The van der Waals surface area contributed by atoms with Crippen LogP contribution in [0.4, 0.5) is 11.4 Å². The number of benzene rings is 1. The van der Waals surface area contributed by atoms with Gasteiger partial charge in [0.15, 0.2) is 5.69 Å². The summed E-state index contributed by atoms with van der Waals surface area (Å²) in [5, 5.41) is 4.13. The molecule has 0 unspecified atom stereocenters. The van der Waals surface area contributed by atoms with E-state index in [0.717, 1.165) is 11.3 Å². The first kappa shape index (κ1) is 13.1. The number of aromatic nitrogens is 2. The van der Waals surface area contributed by atoms with Crippen LogP contribution in [-0.4, -0.2) is 22.2 Å². The van der Waals surface area contributed by atoms with Gasteiger partial charge in [0, 0.05) is 25.5 Å². The van der Waals surface area contributed by atoms with Crippen LogP contribution in [0.2, 0.25) is 0 Å². The second kappa shape index (κ2) is 5.14. The summed E-state index contributed by atoms with van der Waals surface area (Å²) >= 11 is 0. The number of para-hydroxylation sites is 1. The van der Waals surface area contributed by atoms with Crippen molar-refractivity contribution in [1.29, 1.82) is 0 Å². The summed E-state index contributed by atoms with van der Waals surface area (Å²) in [6.45, 7) is 4.48. The molecule has 0 aliphatic heterocycles. The fraction of sp³-hybridized carbons (Fsp3) is 0.286. The SMILES string of the molecule is CCN(C(=O)c1nn(C)cc1N)c1ccccc1C. The second-order valence-electron chi connectivity index (χ2n) is 4.44. The topological polar surface area (TPSA) is 64.2 Å². The van der Waals surface area contributed by atoms with E-state index in [-0.39, 0.29) is 5.91 Å². The minimum absolute atomic E-state index is 0.171.